The molecule has 3 heterocycles. The Morgan fingerprint density at radius 3 is 1.02 bits per heavy atom. The molecule has 0 aliphatic carbocycles. The molecule has 0 fully saturated rings. The molecular weight excluding hydrogens is 1750 g/mol. The summed E-state index contributed by atoms with van der Waals surface area (Å²) in [5.74, 6) is 0. The van der Waals surface area contributed by atoms with E-state index in [2.05, 4.69) is 212 Å². The Hall–Kier alpha value is -19.1. The molecule has 0 atom stereocenters. The number of furan rings is 3. The van der Waals surface area contributed by atoms with E-state index in [0.717, 1.165) is 87.6 Å². The van der Waals surface area contributed by atoms with Crippen molar-refractivity contribution in [3.05, 3.63) is 546 Å². The van der Waals surface area contributed by atoms with E-state index < -0.39 is 30.2 Å². The normalized spacial score (nSPS) is 13.3. The minimum absolute atomic E-state index is 0.00300. The zero-order chi connectivity index (χ0) is 111. The number of para-hydroxylation sites is 3. The van der Waals surface area contributed by atoms with Gasteiger partial charge in [-0.05, 0) is 263 Å². The summed E-state index contributed by atoms with van der Waals surface area (Å²) >= 11 is 0. The molecule has 0 spiro atoms. The zero-order valence-electron chi connectivity index (χ0n) is 95.8. The molecule has 0 unspecified atom stereocenters. The minimum atomic E-state index is -0.465. The number of fused-ring (bicyclic) bond motifs is 16. The Morgan fingerprint density at radius 1 is 0.131 bits per heavy atom. The fourth-order valence-electron chi connectivity index (χ4n) is 21.7. The van der Waals surface area contributed by atoms with Gasteiger partial charge in [0, 0.05) is 43.4 Å². The van der Waals surface area contributed by atoms with Crippen molar-refractivity contribution in [1.82, 2.24) is 0 Å². The highest BCUT2D eigenvalue weighted by atomic mass is 16.3. The second kappa shape index (κ2) is 36.3. The van der Waals surface area contributed by atoms with Gasteiger partial charge in [-0.15, -0.1) is 0 Å². The highest BCUT2D eigenvalue weighted by Crippen LogP contribution is 2.53. The fraction of sp³-hybridized carbons (Fsp3) is 0. The van der Waals surface area contributed by atoms with Crippen LogP contribution in [-0.2, 0) is 0 Å². The summed E-state index contributed by atoms with van der Waals surface area (Å²) in [7, 11) is 0. The van der Waals surface area contributed by atoms with Crippen molar-refractivity contribution >= 4 is 141 Å². The van der Waals surface area contributed by atoms with E-state index in [9.17, 15) is 6.85 Å². The van der Waals surface area contributed by atoms with Crippen LogP contribution in [0.5, 0.6) is 0 Å². The predicted octanol–water partition coefficient (Wildman–Crippen LogP) is 40.5. The van der Waals surface area contributed by atoms with Gasteiger partial charge >= 0.3 is 0 Å². The smallest absolute Gasteiger partial charge is 0.136 e. The van der Waals surface area contributed by atoms with Crippen molar-refractivity contribution in [3.8, 4) is 145 Å². The van der Waals surface area contributed by atoms with Gasteiger partial charge in [0.15, 0.2) is 0 Å². The van der Waals surface area contributed by atoms with Crippen LogP contribution in [0.4, 0.5) is 0 Å². The van der Waals surface area contributed by atoms with Crippen molar-refractivity contribution in [2.75, 3.05) is 0 Å². The maximum Gasteiger partial charge on any atom is 0.136 e. The van der Waals surface area contributed by atoms with Crippen LogP contribution in [0.15, 0.2) is 559 Å². The molecule has 145 heavy (non-hydrogen) atoms. The first-order chi connectivity index (χ1) is 79.5. The summed E-state index contributed by atoms with van der Waals surface area (Å²) < 4.78 is 179. The number of hydrogen-bond donors (Lipinski definition) is 0. The molecule has 0 saturated carbocycles. The van der Waals surface area contributed by atoms with Gasteiger partial charge in [-0.1, -0.05) is 491 Å². The van der Waals surface area contributed by atoms with Crippen LogP contribution in [0, 0.1) is 0 Å². The van der Waals surface area contributed by atoms with Gasteiger partial charge in [-0.25, -0.2) is 0 Å². The molecule has 29 aromatic rings. The number of benzene rings is 26. The van der Waals surface area contributed by atoms with Crippen LogP contribution < -0.4 is 0 Å². The molecule has 676 valence electrons. The molecule has 29 rings (SSSR count). The van der Waals surface area contributed by atoms with Crippen molar-refractivity contribution in [2.45, 2.75) is 0 Å². The van der Waals surface area contributed by atoms with Crippen LogP contribution in [0.1, 0.15) is 24.7 Å². The summed E-state index contributed by atoms with van der Waals surface area (Å²) in [5, 5.41) is 17.5. The SMILES string of the molecule is [2H]c1c([2H])c(-c2c3ccccc3c(-c3ccccc3)c3ccccc23)c([2H])c([2H])c1-c1c([2H])c([2H])c2oc3ccccc3c2c1[2H].[2H]c1c([2H])c([2H])c(-c2c3ccccc3c(-c3ccc(-c4c([2H])c([2H])c5oc6c([2H])c([2H])c([2H])c([2H])c6c5c4-c4ccccc4)cc3)c3ccc(-c4ccccc4)cc23)c([2H])c1[2H].c1ccc(-c2c3ccccc3c(-c3ccc(-c4ccc5oc6ccccc6c5c4-c4ccccc4)cc3)c3ccc(-c4cccc5ccccc45)cc23)cc1. The lowest BCUT2D eigenvalue weighted by atomic mass is 9.84. The third-order valence-corrected chi connectivity index (χ3v) is 28.1. The zero-order valence-corrected chi connectivity index (χ0v) is 77.8. The lowest BCUT2D eigenvalue weighted by molar-refractivity contribution is 0.668. The summed E-state index contributed by atoms with van der Waals surface area (Å²) in [4.78, 5) is 0. The second-order valence-electron chi connectivity index (χ2n) is 36.2. The van der Waals surface area contributed by atoms with Crippen LogP contribution in [0.25, 0.3) is 286 Å². The van der Waals surface area contributed by atoms with E-state index in [1.54, 1.807) is 24.3 Å². The predicted molar refractivity (Wildman–Crippen MR) is 614 cm³/mol. The summed E-state index contributed by atoms with van der Waals surface area (Å²) in [6.45, 7) is 0. The van der Waals surface area contributed by atoms with E-state index in [4.69, 9.17) is 31.1 Å². The number of hydrogen-bond acceptors (Lipinski definition) is 3. The van der Waals surface area contributed by atoms with Crippen molar-refractivity contribution < 1.29 is 37.9 Å². The lowest BCUT2D eigenvalue weighted by Crippen LogP contribution is -1.92. The largest absolute Gasteiger partial charge is 0.456 e. The Balaban J connectivity index is 0.000000119. The van der Waals surface area contributed by atoms with Gasteiger partial charge in [0.2, 0.25) is 0 Å². The molecule has 3 heteroatoms. The minimum Gasteiger partial charge on any atom is -0.456 e. The van der Waals surface area contributed by atoms with E-state index >= 15 is 0 Å². The van der Waals surface area contributed by atoms with E-state index in [1.807, 2.05) is 200 Å². The van der Waals surface area contributed by atoms with E-state index in [-0.39, 0.29) is 123 Å². The van der Waals surface area contributed by atoms with Gasteiger partial charge in [0.1, 0.15) is 33.5 Å². The van der Waals surface area contributed by atoms with Crippen LogP contribution in [0.3, 0.4) is 0 Å². The third kappa shape index (κ3) is 15.1. The maximum atomic E-state index is 9.39. The summed E-state index contributed by atoms with van der Waals surface area (Å²) in [6.07, 6.45) is 0. The molecule has 3 aromatic heterocycles. The molecule has 0 bridgehead atoms. The number of rotatable bonds is 13. The Kier molecular flexibility index (Phi) is 17.0. The molecular formula is C142H90O3. The Morgan fingerprint density at radius 2 is 0.469 bits per heavy atom. The molecule has 0 aliphatic heterocycles. The average Bonchev–Trinajstić information content (AvgIpc) is 1.69. The first-order valence-corrected chi connectivity index (χ1v) is 48.3. The quantitative estimate of drug-likeness (QED) is 0.108. The summed E-state index contributed by atoms with van der Waals surface area (Å²) in [6, 6.07) is 142. The average molecular weight is 1860 g/mol. The monoisotopic (exact) mass is 1860 g/mol. The highest BCUT2D eigenvalue weighted by molar-refractivity contribution is 6.27. The Labute approximate surface area is 864 Å². The van der Waals surface area contributed by atoms with E-state index in [0.29, 0.717) is 65.9 Å². The molecule has 3 nitrogen and oxygen atoms in total. The standard InChI is InChI=1S/C54H34O.C50H32O.C38H24O/c1-3-15-37(16-4-1)52-45-22-10-9-21-44(45)51(46-31-30-40(34-48(46)52)42-24-13-19-35-14-7-8-20-41(35)42)39-28-26-36(27-29-39)43-32-33-50-54(47-23-11-12-25-49(47)55-50)53(43)38-17-5-2-6-18-38;1-4-14-33(15-5-1)38-28-29-42-44(32-38)48(35-16-6-2-7-17-35)41-21-11-10-20-40(41)47(42)37-26-24-34(25-27-37)39-30-31-46-50(43-22-12-13-23-45(43)51-46)49(39)36-18-8-3-9-19-36;1-2-10-26(11-3-1)37-30-13-4-6-15-32(30)38(33-16-7-5-14-31(33)37)27-20-18-25(19-21-27)28-22-23-36-34(24-28)29-12-8-9-17-35(29)39-36/h1-34H;1-32H;1-24H/i;2D,6D,7D,12D,13D,16D,17D,22D,23D,30D,31D;18D,19D,20D,21D,22D,23D,24D. The topological polar surface area (TPSA) is 39.4 Å². The molecule has 0 amide bonds. The second-order valence-corrected chi connectivity index (χ2v) is 36.2. The molecule has 0 N–H and O–H groups in total. The van der Waals surface area contributed by atoms with Crippen LogP contribution >= 0.6 is 0 Å². The van der Waals surface area contributed by atoms with Crippen LogP contribution in [-0.4, -0.2) is 0 Å². The lowest BCUT2D eigenvalue weighted by Gasteiger charge is -2.19. The summed E-state index contributed by atoms with van der Waals surface area (Å²) in [5.41, 5.74) is 23.2. The molecule has 26 aromatic carbocycles. The third-order valence-electron chi connectivity index (χ3n) is 28.1. The van der Waals surface area contributed by atoms with Gasteiger partial charge in [0.05, 0.1) is 24.7 Å². The fourth-order valence-corrected chi connectivity index (χ4v) is 21.7. The Bertz CT molecular complexity index is 11200. The van der Waals surface area contributed by atoms with Gasteiger partial charge < -0.3 is 13.3 Å². The van der Waals surface area contributed by atoms with Crippen molar-refractivity contribution in [2.24, 2.45) is 0 Å². The van der Waals surface area contributed by atoms with E-state index in [1.165, 1.54) is 88.0 Å². The van der Waals surface area contributed by atoms with Crippen molar-refractivity contribution in [3.63, 3.8) is 0 Å². The van der Waals surface area contributed by atoms with Gasteiger partial charge in [-0.3, -0.25) is 0 Å². The van der Waals surface area contributed by atoms with Crippen molar-refractivity contribution in [1.29, 1.82) is 0 Å². The molecule has 0 saturated heterocycles. The highest BCUT2D eigenvalue weighted by Gasteiger charge is 2.26. The van der Waals surface area contributed by atoms with Gasteiger partial charge in [-0.2, -0.15) is 0 Å². The first kappa shape index (κ1) is 68.1. The molecule has 0 radical (unpaired) electrons. The maximum absolute atomic E-state index is 9.39. The molecule has 0 aliphatic rings. The van der Waals surface area contributed by atoms with Crippen LogP contribution in [0.2, 0.25) is 0 Å². The van der Waals surface area contributed by atoms with Gasteiger partial charge in [0.25, 0.3) is 0 Å². The first-order valence-electron chi connectivity index (χ1n) is 57.3.